The van der Waals surface area contributed by atoms with Crippen LogP contribution in [0.4, 0.5) is 10.2 Å². The molecule has 3 aromatic heterocycles. The van der Waals surface area contributed by atoms with E-state index in [1.807, 2.05) is 6.92 Å². The Kier molecular flexibility index (Phi) is 4.99. The molecule has 0 radical (unpaired) electrons. The Bertz CT molecular complexity index is 1550. The normalized spacial score (nSPS) is 12.4. The average Bonchev–Trinajstić information content (AvgIpc) is 3.25. The van der Waals surface area contributed by atoms with Gasteiger partial charge in [0.1, 0.15) is 28.9 Å². The molecule has 0 unspecified atom stereocenters. The monoisotopic (exact) mass is 469 g/mol. The van der Waals surface area contributed by atoms with Gasteiger partial charge in [-0.25, -0.2) is 24.3 Å². The van der Waals surface area contributed by atoms with Gasteiger partial charge in [-0.2, -0.15) is 0 Å². The summed E-state index contributed by atoms with van der Waals surface area (Å²) < 4.78 is 15.9. The van der Waals surface area contributed by atoms with Gasteiger partial charge in [-0.1, -0.05) is 29.3 Å². The van der Waals surface area contributed by atoms with Crippen molar-refractivity contribution in [1.29, 1.82) is 0 Å². The molecule has 0 aliphatic rings. The van der Waals surface area contributed by atoms with E-state index in [9.17, 15) is 9.18 Å². The number of nitrogens with zero attached hydrogens (tertiary/aromatic N) is 5. The largest absolute Gasteiger partial charge is 0.358 e. The van der Waals surface area contributed by atoms with E-state index in [4.69, 9.17) is 23.2 Å². The van der Waals surface area contributed by atoms with Crippen LogP contribution in [0, 0.1) is 5.82 Å². The molecule has 32 heavy (non-hydrogen) atoms. The van der Waals surface area contributed by atoms with Crippen molar-refractivity contribution in [3.63, 3.8) is 0 Å². The molecule has 5 rings (SSSR count). The zero-order valence-electron chi connectivity index (χ0n) is 16.5. The molecule has 0 aliphatic heterocycles. The summed E-state index contributed by atoms with van der Waals surface area (Å²) in [7, 11) is 0. The Morgan fingerprint density at radius 2 is 1.97 bits per heavy atom. The van der Waals surface area contributed by atoms with Gasteiger partial charge >= 0.3 is 0 Å². The highest BCUT2D eigenvalue weighted by molar-refractivity contribution is 6.42. The molecule has 0 bridgehead atoms. The Morgan fingerprint density at radius 1 is 1.12 bits per heavy atom. The summed E-state index contributed by atoms with van der Waals surface area (Å²) >= 11 is 12.2. The third-order valence-electron chi connectivity index (χ3n) is 5.00. The first kappa shape index (κ1) is 20.3. The first-order valence-electron chi connectivity index (χ1n) is 9.51. The number of imidazole rings is 1. The fourth-order valence-corrected chi connectivity index (χ4v) is 3.81. The van der Waals surface area contributed by atoms with E-state index in [1.165, 1.54) is 35.4 Å². The molecule has 0 spiro atoms. The van der Waals surface area contributed by atoms with Crippen molar-refractivity contribution in [2.24, 2.45) is 0 Å². The van der Waals surface area contributed by atoms with E-state index >= 15 is 0 Å². The Balaban J connectivity index is 1.73. The lowest BCUT2D eigenvalue weighted by molar-refractivity contribution is 0.635. The molecule has 2 aromatic carbocycles. The van der Waals surface area contributed by atoms with Crippen LogP contribution in [0.3, 0.4) is 0 Å². The molecule has 0 saturated heterocycles. The summed E-state index contributed by atoms with van der Waals surface area (Å²) in [6.45, 7) is 1.81. The third-order valence-corrected chi connectivity index (χ3v) is 5.74. The molecule has 1 atom stereocenters. The molecule has 2 N–H and O–H groups in total. The van der Waals surface area contributed by atoms with Crippen LogP contribution >= 0.6 is 23.2 Å². The number of halogens is 3. The zero-order valence-corrected chi connectivity index (χ0v) is 18.0. The van der Waals surface area contributed by atoms with Crippen LogP contribution in [0.25, 0.3) is 27.8 Å². The second kappa shape index (κ2) is 7.85. The predicted octanol–water partition coefficient (Wildman–Crippen LogP) is 4.67. The van der Waals surface area contributed by atoms with Crippen LogP contribution in [-0.2, 0) is 0 Å². The van der Waals surface area contributed by atoms with Crippen molar-refractivity contribution in [1.82, 2.24) is 29.5 Å². The van der Waals surface area contributed by atoms with E-state index < -0.39 is 17.4 Å². The molecule has 11 heteroatoms. The summed E-state index contributed by atoms with van der Waals surface area (Å²) in [5, 5.41) is 3.70. The second-order valence-corrected chi connectivity index (χ2v) is 7.85. The zero-order chi connectivity index (χ0) is 22.4. The predicted molar refractivity (Wildman–Crippen MR) is 121 cm³/mol. The van der Waals surface area contributed by atoms with Gasteiger partial charge in [0, 0.05) is 0 Å². The minimum Gasteiger partial charge on any atom is -0.358 e. The minimum atomic E-state index is -0.657. The second-order valence-electron chi connectivity index (χ2n) is 7.03. The van der Waals surface area contributed by atoms with Crippen LogP contribution in [0.5, 0.6) is 0 Å². The van der Waals surface area contributed by atoms with Crippen LogP contribution in [0.2, 0.25) is 10.0 Å². The van der Waals surface area contributed by atoms with Gasteiger partial charge in [0.05, 0.1) is 33.6 Å². The fourth-order valence-electron chi connectivity index (χ4n) is 3.52. The van der Waals surface area contributed by atoms with E-state index in [2.05, 4.69) is 30.2 Å². The van der Waals surface area contributed by atoms with Gasteiger partial charge in [0.15, 0.2) is 11.5 Å². The molecule has 160 valence electrons. The lowest BCUT2D eigenvalue weighted by Gasteiger charge is -2.20. The first-order valence-corrected chi connectivity index (χ1v) is 10.3. The van der Waals surface area contributed by atoms with Crippen molar-refractivity contribution in [2.45, 2.75) is 13.0 Å². The SMILES string of the molecule is C[C@@H](Nc1ncnc2nc[nH]c12)c1nc2cccc(F)c2c(=O)n1-c1ccc(Cl)c(Cl)c1. The summed E-state index contributed by atoms with van der Waals surface area (Å²) in [5.74, 6) is 0.156. The van der Waals surface area contributed by atoms with Gasteiger partial charge in [-0.15, -0.1) is 0 Å². The van der Waals surface area contributed by atoms with Crippen molar-refractivity contribution in [3.05, 3.63) is 81.1 Å². The van der Waals surface area contributed by atoms with Crippen molar-refractivity contribution in [3.8, 4) is 5.69 Å². The highest BCUT2D eigenvalue weighted by Gasteiger charge is 2.21. The number of aromatic nitrogens is 6. The summed E-state index contributed by atoms with van der Waals surface area (Å²) in [4.78, 5) is 33.5. The quantitative estimate of drug-likeness (QED) is 0.396. The molecule has 0 amide bonds. The fraction of sp³-hybridized carbons (Fsp3) is 0.0952. The Morgan fingerprint density at radius 3 is 2.78 bits per heavy atom. The molecular weight excluding hydrogens is 456 g/mol. The highest BCUT2D eigenvalue weighted by Crippen LogP contribution is 2.28. The number of aromatic amines is 1. The van der Waals surface area contributed by atoms with Crippen LogP contribution in [0.15, 0.2) is 53.8 Å². The topological polar surface area (TPSA) is 101 Å². The maximum absolute atomic E-state index is 14.6. The lowest BCUT2D eigenvalue weighted by Crippen LogP contribution is -2.28. The molecular formula is C21H14Cl2FN7O. The number of fused-ring (bicyclic) bond motifs is 2. The number of rotatable bonds is 4. The Labute approximate surface area is 190 Å². The van der Waals surface area contributed by atoms with Gasteiger partial charge < -0.3 is 10.3 Å². The smallest absolute Gasteiger partial charge is 0.269 e. The summed E-state index contributed by atoms with van der Waals surface area (Å²) in [6, 6.07) is 8.53. The highest BCUT2D eigenvalue weighted by atomic mass is 35.5. The van der Waals surface area contributed by atoms with E-state index in [1.54, 1.807) is 18.2 Å². The van der Waals surface area contributed by atoms with Crippen molar-refractivity contribution >= 4 is 51.1 Å². The lowest BCUT2D eigenvalue weighted by atomic mass is 10.2. The van der Waals surface area contributed by atoms with Crippen LogP contribution < -0.4 is 10.9 Å². The number of anilines is 1. The Hall–Kier alpha value is -3.56. The van der Waals surface area contributed by atoms with Gasteiger partial charge in [-0.3, -0.25) is 9.36 Å². The van der Waals surface area contributed by atoms with Gasteiger partial charge in [0.25, 0.3) is 5.56 Å². The van der Waals surface area contributed by atoms with Crippen molar-refractivity contribution < 1.29 is 4.39 Å². The maximum atomic E-state index is 14.6. The number of hydrogen-bond donors (Lipinski definition) is 2. The maximum Gasteiger partial charge on any atom is 0.269 e. The van der Waals surface area contributed by atoms with Crippen LogP contribution in [-0.4, -0.2) is 29.5 Å². The number of nitrogens with one attached hydrogen (secondary N) is 2. The van der Waals surface area contributed by atoms with E-state index in [0.717, 1.165) is 0 Å². The molecule has 8 nitrogen and oxygen atoms in total. The van der Waals surface area contributed by atoms with Crippen molar-refractivity contribution in [2.75, 3.05) is 5.32 Å². The molecule has 0 saturated carbocycles. The number of H-pyrrole nitrogens is 1. The molecule has 3 heterocycles. The minimum absolute atomic E-state index is 0.118. The average molecular weight is 470 g/mol. The van der Waals surface area contributed by atoms with Gasteiger partial charge in [-0.05, 0) is 37.3 Å². The summed E-state index contributed by atoms with van der Waals surface area (Å²) in [6.07, 6.45) is 2.89. The van der Waals surface area contributed by atoms with E-state index in [0.29, 0.717) is 33.5 Å². The third kappa shape index (κ3) is 3.35. The van der Waals surface area contributed by atoms with E-state index in [-0.39, 0.29) is 15.9 Å². The molecule has 0 fully saturated rings. The number of hydrogen-bond acceptors (Lipinski definition) is 6. The van der Waals surface area contributed by atoms with Crippen LogP contribution in [0.1, 0.15) is 18.8 Å². The van der Waals surface area contributed by atoms with Gasteiger partial charge in [0.2, 0.25) is 0 Å². The summed E-state index contributed by atoms with van der Waals surface area (Å²) in [5.41, 5.74) is 1.17. The molecule has 0 aliphatic carbocycles. The standard InChI is InChI=1S/C21H14Cl2FN7O/c1-10(29-19-17-18(26-8-25-17)27-9-28-19)20-30-15-4-2-3-14(24)16(15)21(32)31(20)11-5-6-12(22)13(23)7-11/h2-10H,1H3,(H2,25,26,27,28,29)/t10-/m1/s1. The molecule has 5 aromatic rings. The first-order chi connectivity index (χ1) is 15.4. The number of benzene rings is 2.